The summed E-state index contributed by atoms with van der Waals surface area (Å²) in [7, 11) is -4.01. The van der Waals surface area contributed by atoms with E-state index in [1.807, 2.05) is 0 Å². The number of fused-ring (bicyclic) bond motifs is 1. The molecule has 2 amide bonds. The molecule has 1 unspecified atom stereocenters. The lowest BCUT2D eigenvalue weighted by atomic mass is 10.1. The van der Waals surface area contributed by atoms with Crippen LogP contribution in [0.3, 0.4) is 0 Å². The van der Waals surface area contributed by atoms with Crippen LogP contribution < -0.4 is 19.7 Å². The van der Waals surface area contributed by atoms with Gasteiger partial charge < -0.3 is 15.2 Å². The van der Waals surface area contributed by atoms with E-state index in [0.717, 1.165) is 4.31 Å². The zero-order valence-corrected chi connectivity index (χ0v) is 16.6. The molecule has 1 atom stereocenters. The third-order valence-electron chi connectivity index (χ3n) is 4.71. The Bertz CT molecular complexity index is 888. The smallest absolute Gasteiger partial charge is 0.409 e. The van der Waals surface area contributed by atoms with Gasteiger partial charge in [-0.1, -0.05) is 0 Å². The van der Waals surface area contributed by atoms with Gasteiger partial charge in [-0.2, -0.15) is 12.7 Å². The molecular weight excluding hydrogens is 407 g/mol. The molecule has 0 saturated carbocycles. The minimum absolute atomic E-state index is 0.0552. The molecule has 2 aliphatic rings. The van der Waals surface area contributed by atoms with Crippen molar-refractivity contribution in [3.05, 3.63) is 18.2 Å². The molecular formula is C17H23FN4O6S. The van der Waals surface area contributed by atoms with E-state index in [0.29, 0.717) is 0 Å². The van der Waals surface area contributed by atoms with Crippen LogP contribution in [0.15, 0.2) is 18.2 Å². The number of alkyl halides is 1. The number of ether oxygens (including phenoxy) is 1. The predicted octanol–water partition coefficient (Wildman–Crippen LogP) is 1.16. The highest BCUT2D eigenvalue weighted by Gasteiger charge is 2.39. The number of benzene rings is 1. The molecule has 0 aromatic heterocycles. The molecule has 3 rings (SSSR count). The van der Waals surface area contributed by atoms with Crippen molar-refractivity contribution >= 4 is 33.6 Å². The Morgan fingerprint density at radius 1 is 1.31 bits per heavy atom. The van der Waals surface area contributed by atoms with E-state index in [1.165, 1.54) is 29.4 Å². The number of hydrogen-bond donors (Lipinski definition) is 3. The lowest BCUT2D eigenvalue weighted by Crippen LogP contribution is -2.53. The number of nitrogens with one attached hydrogen (secondary N) is 2. The second-order valence-electron chi connectivity index (χ2n) is 6.90. The standard InChI is InChI=1S/C17H23FN4O6S/c1-11(23)19-9-14-10-22(29(26,27)21-6-4-12(18)5-7-21)15-8-13(20-17(24)25)2-3-16(15)28-14/h2-3,8,12,14,20H,4-7,9-10H2,1H3,(H,19,23)(H,24,25). The van der Waals surface area contributed by atoms with Crippen LogP contribution in [-0.4, -0.2) is 68.3 Å². The first-order valence-electron chi connectivity index (χ1n) is 9.14. The van der Waals surface area contributed by atoms with Gasteiger partial charge in [-0.05, 0) is 31.0 Å². The van der Waals surface area contributed by atoms with Crippen molar-refractivity contribution in [2.45, 2.75) is 32.0 Å². The third kappa shape index (κ3) is 4.88. The SMILES string of the molecule is CC(=O)NCC1CN(S(=O)(=O)N2CCC(F)CC2)c2cc(NC(=O)O)ccc2O1. The van der Waals surface area contributed by atoms with Crippen LogP contribution in [0.2, 0.25) is 0 Å². The number of piperidine rings is 1. The number of carbonyl (C=O) groups excluding carboxylic acids is 1. The molecule has 10 nitrogen and oxygen atoms in total. The summed E-state index contributed by atoms with van der Waals surface area (Å²) in [5.74, 6) is -0.0358. The van der Waals surface area contributed by atoms with Crippen molar-refractivity contribution in [3.8, 4) is 5.75 Å². The Kier molecular flexibility index (Phi) is 6.13. The van der Waals surface area contributed by atoms with Gasteiger partial charge in [0.2, 0.25) is 5.91 Å². The van der Waals surface area contributed by atoms with Crippen molar-refractivity contribution in [1.82, 2.24) is 9.62 Å². The highest BCUT2D eigenvalue weighted by Crippen LogP contribution is 2.38. The second kappa shape index (κ2) is 8.41. The van der Waals surface area contributed by atoms with Crippen LogP contribution in [0.25, 0.3) is 0 Å². The fourth-order valence-electron chi connectivity index (χ4n) is 3.29. The molecule has 1 aromatic rings. The molecule has 3 N–H and O–H groups in total. The first-order valence-corrected chi connectivity index (χ1v) is 10.5. The van der Waals surface area contributed by atoms with E-state index < -0.39 is 28.6 Å². The zero-order chi connectivity index (χ0) is 21.2. The van der Waals surface area contributed by atoms with Crippen LogP contribution in [-0.2, 0) is 15.0 Å². The fourth-order valence-corrected chi connectivity index (χ4v) is 4.99. The molecule has 2 aliphatic heterocycles. The lowest BCUT2D eigenvalue weighted by molar-refractivity contribution is -0.119. The van der Waals surface area contributed by atoms with Crippen molar-refractivity contribution in [1.29, 1.82) is 0 Å². The molecule has 1 aromatic carbocycles. The quantitative estimate of drug-likeness (QED) is 0.643. The highest BCUT2D eigenvalue weighted by atomic mass is 32.2. The molecule has 12 heteroatoms. The number of nitrogens with zero attached hydrogens (tertiary/aromatic N) is 2. The maximum absolute atomic E-state index is 13.5. The van der Waals surface area contributed by atoms with Crippen LogP contribution in [0, 0.1) is 0 Å². The summed E-state index contributed by atoms with van der Waals surface area (Å²) in [6.07, 6.45) is -2.72. The average molecular weight is 430 g/mol. The zero-order valence-electron chi connectivity index (χ0n) is 15.8. The van der Waals surface area contributed by atoms with Gasteiger partial charge in [0.05, 0.1) is 18.8 Å². The highest BCUT2D eigenvalue weighted by molar-refractivity contribution is 7.90. The van der Waals surface area contributed by atoms with E-state index in [-0.39, 0.29) is 62.1 Å². The molecule has 0 radical (unpaired) electrons. The van der Waals surface area contributed by atoms with Crippen LogP contribution in [0.5, 0.6) is 5.75 Å². The van der Waals surface area contributed by atoms with Crippen LogP contribution in [0.1, 0.15) is 19.8 Å². The number of halogens is 1. The molecule has 160 valence electrons. The molecule has 1 saturated heterocycles. The average Bonchev–Trinajstić information content (AvgIpc) is 2.65. The molecule has 0 spiro atoms. The first kappa shape index (κ1) is 21.1. The molecule has 0 aliphatic carbocycles. The van der Waals surface area contributed by atoms with Gasteiger partial charge in [0.15, 0.2) is 0 Å². The Labute approximate surface area is 167 Å². The summed E-state index contributed by atoms with van der Waals surface area (Å²) in [6, 6.07) is 4.29. The van der Waals surface area contributed by atoms with Gasteiger partial charge in [-0.15, -0.1) is 0 Å². The predicted molar refractivity (Wildman–Crippen MR) is 103 cm³/mol. The number of anilines is 2. The minimum Gasteiger partial charge on any atom is -0.484 e. The number of hydrogen-bond acceptors (Lipinski definition) is 5. The lowest BCUT2D eigenvalue weighted by Gasteiger charge is -2.39. The van der Waals surface area contributed by atoms with Gasteiger partial charge in [0.25, 0.3) is 0 Å². The van der Waals surface area contributed by atoms with Crippen LogP contribution >= 0.6 is 0 Å². The van der Waals surface area contributed by atoms with Gasteiger partial charge in [0, 0.05) is 25.7 Å². The monoisotopic (exact) mass is 430 g/mol. The summed E-state index contributed by atoms with van der Waals surface area (Å²) in [4.78, 5) is 22.2. The van der Waals surface area contributed by atoms with E-state index >= 15 is 0 Å². The minimum atomic E-state index is -4.01. The van der Waals surface area contributed by atoms with Crippen molar-refractivity contribution in [3.63, 3.8) is 0 Å². The van der Waals surface area contributed by atoms with Crippen LogP contribution in [0.4, 0.5) is 20.6 Å². The maximum atomic E-state index is 13.5. The largest absolute Gasteiger partial charge is 0.484 e. The summed E-state index contributed by atoms with van der Waals surface area (Å²) in [6.45, 7) is 1.47. The Morgan fingerprint density at radius 3 is 2.62 bits per heavy atom. The summed E-state index contributed by atoms with van der Waals surface area (Å²) < 4.78 is 48.2. The Balaban J connectivity index is 1.94. The van der Waals surface area contributed by atoms with Gasteiger partial charge >= 0.3 is 16.3 Å². The summed E-state index contributed by atoms with van der Waals surface area (Å²) >= 11 is 0. The normalized spacial score (nSPS) is 20.5. The molecule has 29 heavy (non-hydrogen) atoms. The summed E-state index contributed by atoms with van der Waals surface area (Å²) in [5, 5.41) is 13.7. The second-order valence-corrected chi connectivity index (χ2v) is 8.76. The third-order valence-corrected chi connectivity index (χ3v) is 6.63. The number of carboxylic acid groups (broad SMARTS) is 1. The van der Waals surface area contributed by atoms with E-state index in [4.69, 9.17) is 9.84 Å². The van der Waals surface area contributed by atoms with E-state index in [2.05, 4.69) is 10.6 Å². The topological polar surface area (TPSA) is 128 Å². The molecule has 0 bridgehead atoms. The Morgan fingerprint density at radius 2 is 2.00 bits per heavy atom. The number of carbonyl (C=O) groups is 2. The first-order chi connectivity index (χ1) is 13.7. The fraction of sp³-hybridized carbons (Fsp3) is 0.529. The van der Waals surface area contributed by atoms with Crippen molar-refractivity contribution in [2.75, 3.05) is 35.8 Å². The maximum Gasteiger partial charge on any atom is 0.409 e. The van der Waals surface area contributed by atoms with Gasteiger partial charge in [0.1, 0.15) is 18.0 Å². The van der Waals surface area contributed by atoms with Gasteiger partial charge in [-0.3, -0.25) is 14.4 Å². The number of amides is 2. The molecule has 2 heterocycles. The van der Waals surface area contributed by atoms with Gasteiger partial charge in [-0.25, -0.2) is 9.18 Å². The Hall–Kier alpha value is -2.60. The van der Waals surface area contributed by atoms with Crippen molar-refractivity contribution < 1.29 is 32.2 Å². The van der Waals surface area contributed by atoms with Crippen molar-refractivity contribution in [2.24, 2.45) is 0 Å². The number of rotatable bonds is 5. The van der Waals surface area contributed by atoms with E-state index in [1.54, 1.807) is 0 Å². The molecule has 1 fully saturated rings. The van der Waals surface area contributed by atoms with E-state index in [9.17, 15) is 22.4 Å². The summed E-state index contributed by atoms with van der Waals surface area (Å²) in [5.41, 5.74) is 0.362.